The highest BCUT2D eigenvalue weighted by Crippen LogP contribution is 2.28. The zero-order valence-corrected chi connectivity index (χ0v) is 15.5. The molecule has 2 nitrogen and oxygen atoms in total. The minimum absolute atomic E-state index is 0.954. The lowest BCUT2D eigenvalue weighted by atomic mass is 10.2. The molecule has 0 unspecified atom stereocenters. The molecule has 1 heterocycles. The van der Waals surface area contributed by atoms with Crippen LogP contribution in [0.5, 0.6) is 0 Å². The number of quaternary nitrogens is 1. The van der Waals surface area contributed by atoms with Crippen molar-refractivity contribution in [2.24, 2.45) is 0 Å². The maximum atomic E-state index is 3.90. The van der Waals surface area contributed by atoms with Gasteiger partial charge in [-0.2, -0.15) is 5.43 Å². The zero-order chi connectivity index (χ0) is 16.2. The summed E-state index contributed by atoms with van der Waals surface area (Å²) in [6, 6.07) is 24.6. The summed E-state index contributed by atoms with van der Waals surface area (Å²) in [5, 5.41) is 0. The Hall–Kier alpha value is -1.42. The van der Waals surface area contributed by atoms with E-state index in [0.717, 1.165) is 17.7 Å². The van der Waals surface area contributed by atoms with Gasteiger partial charge in [0.2, 0.25) is 0 Å². The Kier molecular flexibility index (Phi) is 5.00. The van der Waals surface area contributed by atoms with Crippen molar-refractivity contribution in [3.8, 4) is 0 Å². The molecule has 0 atom stereocenters. The summed E-state index contributed by atoms with van der Waals surface area (Å²) in [4.78, 5) is 0. The number of benzene rings is 2. The monoisotopic (exact) mass is 325 g/mol. The summed E-state index contributed by atoms with van der Waals surface area (Å²) in [6.45, 7) is 9.66. The highest BCUT2D eigenvalue weighted by atomic mass is 28.3. The molecule has 3 rings (SSSR count). The van der Waals surface area contributed by atoms with Gasteiger partial charge in [0.15, 0.2) is 0 Å². The largest absolute Gasteiger partial charge is 0.242 e. The predicted molar refractivity (Wildman–Crippen MR) is 101 cm³/mol. The second-order valence-electron chi connectivity index (χ2n) is 7.72. The van der Waals surface area contributed by atoms with Crippen LogP contribution in [0.2, 0.25) is 25.2 Å². The van der Waals surface area contributed by atoms with Gasteiger partial charge < -0.3 is 0 Å². The molecule has 0 bridgehead atoms. The molecule has 1 N–H and O–H groups in total. The quantitative estimate of drug-likeness (QED) is 0.633. The summed E-state index contributed by atoms with van der Waals surface area (Å²) in [5.74, 6) is 0. The number of hydrogen-bond donors (Lipinski definition) is 1. The molecule has 0 aromatic heterocycles. The van der Waals surface area contributed by atoms with Crippen molar-refractivity contribution in [1.29, 1.82) is 0 Å². The van der Waals surface area contributed by atoms with E-state index in [1.807, 2.05) is 0 Å². The van der Waals surface area contributed by atoms with Crippen molar-refractivity contribution in [1.82, 2.24) is 5.43 Å². The van der Waals surface area contributed by atoms with Crippen LogP contribution in [0.3, 0.4) is 0 Å². The first-order valence-corrected chi connectivity index (χ1v) is 12.2. The van der Waals surface area contributed by atoms with E-state index in [1.165, 1.54) is 36.3 Å². The van der Waals surface area contributed by atoms with Crippen LogP contribution in [0, 0.1) is 0 Å². The molecular formula is C20H29N2Si+. The highest BCUT2D eigenvalue weighted by molar-refractivity contribution is 6.77. The fraction of sp³-hybridized carbons (Fsp3) is 0.400. The Labute approximate surface area is 141 Å². The third-order valence-corrected chi connectivity index (χ3v) is 8.38. The van der Waals surface area contributed by atoms with Crippen molar-refractivity contribution < 1.29 is 4.59 Å². The van der Waals surface area contributed by atoms with Gasteiger partial charge in [-0.1, -0.05) is 73.8 Å². The van der Waals surface area contributed by atoms with Crippen molar-refractivity contribution in [2.45, 2.75) is 38.3 Å². The van der Waals surface area contributed by atoms with E-state index >= 15 is 0 Å². The molecule has 2 aromatic rings. The van der Waals surface area contributed by atoms with Gasteiger partial charge in [0.05, 0.1) is 27.7 Å². The van der Waals surface area contributed by atoms with Gasteiger partial charge in [-0.3, -0.25) is 0 Å². The van der Waals surface area contributed by atoms with Crippen molar-refractivity contribution in [3.63, 3.8) is 0 Å². The summed E-state index contributed by atoms with van der Waals surface area (Å²) < 4.78 is 1.04. The van der Waals surface area contributed by atoms with Crippen LogP contribution in [0.1, 0.15) is 11.1 Å². The molecule has 2 aromatic carbocycles. The molecule has 0 amide bonds. The topological polar surface area (TPSA) is 12.0 Å². The van der Waals surface area contributed by atoms with Gasteiger partial charge in [0.1, 0.15) is 6.54 Å². The first-order chi connectivity index (χ1) is 11.1. The summed E-state index contributed by atoms with van der Waals surface area (Å²) in [7, 11) is -0.960. The maximum Gasteiger partial charge on any atom is 0.122 e. The standard InChI is InChI=1S/C20H29N2Si/c1-23(2)15-13-22(14-16-23,18-20-11-7-4-8-12-20)21-17-19-9-5-3-6-10-19/h3-12,21H,13-18H2,1-2H3/q+1. The molecule has 122 valence electrons. The molecule has 1 aliphatic rings. The van der Waals surface area contributed by atoms with Crippen LogP contribution < -0.4 is 5.43 Å². The Bertz CT molecular complexity index is 600. The fourth-order valence-corrected chi connectivity index (χ4v) is 5.75. The molecule has 0 aliphatic carbocycles. The van der Waals surface area contributed by atoms with Crippen molar-refractivity contribution in [2.75, 3.05) is 13.1 Å². The molecule has 1 aliphatic heterocycles. The smallest absolute Gasteiger partial charge is 0.122 e. The van der Waals surface area contributed by atoms with E-state index in [0.29, 0.717) is 0 Å². The maximum absolute atomic E-state index is 3.90. The minimum atomic E-state index is -0.960. The van der Waals surface area contributed by atoms with Crippen LogP contribution in [-0.2, 0) is 13.1 Å². The van der Waals surface area contributed by atoms with E-state index in [1.54, 1.807) is 0 Å². The third-order valence-electron chi connectivity index (χ3n) is 5.22. The number of rotatable bonds is 5. The summed E-state index contributed by atoms with van der Waals surface area (Å²) >= 11 is 0. The minimum Gasteiger partial charge on any atom is -0.242 e. The molecular weight excluding hydrogens is 296 g/mol. The molecule has 1 fully saturated rings. The number of nitrogens with zero attached hydrogens (tertiary/aromatic N) is 1. The van der Waals surface area contributed by atoms with E-state index in [9.17, 15) is 0 Å². The van der Waals surface area contributed by atoms with Gasteiger partial charge in [-0.15, -0.1) is 0 Å². The lowest BCUT2D eigenvalue weighted by Gasteiger charge is -2.45. The molecule has 0 radical (unpaired) electrons. The number of hydrogen-bond acceptors (Lipinski definition) is 1. The molecule has 0 spiro atoms. The highest BCUT2D eigenvalue weighted by Gasteiger charge is 2.38. The van der Waals surface area contributed by atoms with Crippen LogP contribution in [0.15, 0.2) is 60.7 Å². The Balaban J connectivity index is 1.73. The average molecular weight is 326 g/mol. The van der Waals surface area contributed by atoms with Gasteiger partial charge >= 0.3 is 0 Å². The third kappa shape index (κ3) is 4.53. The predicted octanol–water partition coefficient (Wildman–Crippen LogP) is 4.43. The van der Waals surface area contributed by atoms with Crippen molar-refractivity contribution in [3.05, 3.63) is 71.8 Å². The lowest BCUT2D eigenvalue weighted by Crippen LogP contribution is -2.63. The lowest BCUT2D eigenvalue weighted by molar-refractivity contribution is -0.981. The van der Waals surface area contributed by atoms with Crippen LogP contribution >= 0.6 is 0 Å². The second kappa shape index (κ2) is 6.99. The molecule has 0 saturated carbocycles. The van der Waals surface area contributed by atoms with Crippen LogP contribution in [0.25, 0.3) is 0 Å². The fourth-order valence-electron chi connectivity index (χ4n) is 3.43. The van der Waals surface area contributed by atoms with E-state index < -0.39 is 8.07 Å². The van der Waals surface area contributed by atoms with Gasteiger partial charge in [0.25, 0.3) is 0 Å². The molecule has 23 heavy (non-hydrogen) atoms. The Morgan fingerprint density at radius 3 is 1.91 bits per heavy atom. The number of nitrogens with one attached hydrogen (secondary N) is 1. The normalized spacial score (nSPS) is 19.4. The SMILES string of the molecule is C[Si]1(C)CC[N+](Cc2ccccc2)(NCc2ccccc2)CC1. The van der Waals surface area contributed by atoms with E-state index in [-0.39, 0.29) is 0 Å². The van der Waals surface area contributed by atoms with Gasteiger partial charge in [0, 0.05) is 5.56 Å². The zero-order valence-electron chi connectivity index (χ0n) is 14.5. The van der Waals surface area contributed by atoms with E-state index in [2.05, 4.69) is 79.2 Å². The van der Waals surface area contributed by atoms with E-state index in [4.69, 9.17) is 0 Å². The second-order valence-corrected chi connectivity index (χ2v) is 13.0. The molecule has 3 heteroatoms. The Morgan fingerprint density at radius 2 is 1.35 bits per heavy atom. The summed E-state index contributed by atoms with van der Waals surface area (Å²) in [6.07, 6.45) is 0. The van der Waals surface area contributed by atoms with Crippen LogP contribution in [-0.4, -0.2) is 25.8 Å². The van der Waals surface area contributed by atoms with Crippen molar-refractivity contribution >= 4 is 8.07 Å². The van der Waals surface area contributed by atoms with Gasteiger partial charge in [-0.05, 0) is 17.7 Å². The Morgan fingerprint density at radius 1 is 0.826 bits per heavy atom. The average Bonchev–Trinajstić information content (AvgIpc) is 2.58. The summed E-state index contributed by atoms with van der Waals surface area (Å²) in [5.41, 5.74) is 6.71. The first-order valence-electron chi connectivity index (χ1n) is 8.76. The first kappa shape index (κ1) is 16.4. The van der Waals surface area contributed by atoms with Gasteiger partial charge in [-0.25, -0.2) is 4.59 Å². The van der Waals surface area contributed by atoms with Crippen LogP contribution in [0.4, 0.5) is 0 Å². The molecule has 1 saturated heterocycles.